The van der Waals surface area contributed by atoms with Gasteiger partial charge in [0.1, 0.15) is 6.29 Å². The number of aldehydes is 1. The van der Waals surface area contributed by atoms with E-state index < -0.39 is 0 Å². The molecule has 6 heteroatoms. The molecule has 146 valence electrons. The van der Waals surface area contributed by atoms with E-state index in [0.717, 1.165) is 53.1 Å². The molecule has 0 bridgehead atoms. The lowest BCUT2D eigenvalue weighted by molar-refractivity contribution is -0.107. The second-order valence-electron chi connectivity index (χ2n) is 6.61. The molecule has 0 amide bonds. The summed E-state index contributed by atoms with van der Waals surface area (Å²) in [5.41, 5.74) is 7.40. The summed E-state index contributed by atoms with van der Waals surface area (Å²) in [6, 6.07) is 12.5. The summed E-state index contributed by atoms with van der Waals surface area (Å²) < 4.78 is 0. The third-order valence-electron chi connectivity index (χ3n) is 4.94. The number of rotatable bonds is 9. The summed E-state index contributed by atoms with van der Waals surface area (Å²) >= 11 is 0. The topological polar surface area (TPSA) is 80.2 Å². The molecule has 6 nitrogen and oxygen atoms in total. The van der Waals surface area contributed by atoms with Crippen molar-refractivity contribution in [1.29, 1.82) is 5.41 Å². The van der Waals surface area contributed by atoms with Crippen LogP contribution in [0.4, 0.5) is 22.7 Å². The molecule has 1 heterocycles. The first kappa shape index (κ1) is 19.5. The molecule has 0 saturated heterocycles. The number of anilines is 4. The Bertz CT molecular complexity index is 890. The molecule has 2 aromatic rings. The average Bonchev–Trinajstić information content (AvgIpc) is 3.15. The predicted octanol–water partition coefficient (Wildman–Crippen LogP) is 3.63. The van der Waals surface area contributed by atoms with Crippen LogP contribution in [0.1, 0.15) is 17.5 Å². The number of carbonyl (C=O) groups excluding carboxylic acids is 1. The molecule has 4 N–H and O–H groups in total. The highest BCUT2D eigenvalue weighted by Crippen LogP contribution is 2.42. The first-order valence-corrected chi connectivity index (χ1v) is 9.50. The second kappa shape index (κ2) is 9.08. The molecule has 0 aliphatic carbocycles. The lowest BCUT2D eigenvalue weighted by Gasteiger charge is -2.25. The van der Waals surface area contributed by atoms with E-state index in [2.05, 4.69) is 45.1 Å². The molecular weight excluding hydrogens is 350 g/mol. The Balaban J connectivity index is 2.02. The Morgan fingerprint density at radius 2 is 2.07 bits per heavy atom. The van der Waals surface area contributed by atoms with E-state index in [0.29, 0.717) is 13.0 Å². The van der Waals surface area contributed by atoms with Gasteiger partial charge in [0.25, 0.3) is 0 Å². The van der Waals surface area contributed by atoms with Crippen molar-refractivity contribution in [2.75, 3.05) is 42.7 Å². The van der Waals surface area contributed by atoms with Crippen LogP contribution < -0.4 is 20.9 Å². The lowest BCUT2D eigenvalue weighted by atomic mass is 10.0. The first-order valence-electron chi connectivity index (χ1n) is 9.50. The van der Waals surface area contributed by atoms with Gasteiger partial charge in [0.15, 0.2) is 0 Å². The molecule has 0 aromatic heterocycles. The third kappa shape index (κ3) is 3.86. The molecule has 28 heavy (non-hydrogen) atoms. The number of allylic oxidation sites excluding steroid dienone is 1. The van der Waals surface area contributed by atoms with Gasteiger partial charge in [0.2, 0.25) is 0 Å². The largest absolute Gasteiger partial charge is 0.393 e. The lowest BCUT2D eigenvalue weighted by Crippen LogP contribution is -2.17. The van der Waals surface area contributed by atoms with E-state index in [1.807, 2.05) is 32.4 Å². The standard InChI is InChI=1S/C22H27N5O/c1-24-15-18(14-23)17-8-7-16-9-11-27(21(16)13-17)20-6-3-5-19(25-2)22(20)26-10-4-12-28/h3,5-8,12-15,23-26H,4,9-11H2,1-2H3/b18-15+,23-14?. The Kier molecular flexibility index (Phi) is 6.32. The molecule has 0 spiro atoms. The number of carbonyl (C=O) groups is 1. The van der Waals surface area contributed by atoms with Crippen LogP contribution in [0, 0.1) is 5.41 Å². The van der Waals surface area contributed by atoms with Gasteiger partial charge >= 0.3 is 0 Å². The molecule has 0 unspecified atom stereocenters. The molecule has 0 saturated carbocycles. The minimum Gasteiger partial charge on any atom is -0.393 e. The van der Waals surface area contributed by atoms with Crippen LogP contribution in [-0.2, 0) is 11.2 Å². The molecule has 0 atom stereocenters. The fourth-order valence-corrected chi connectivity index (χ4v) is 3.59. The van der Waals surface area contributed by atoms with E-state index in [1.54, 1.807) is 0 Å². The van der Waals surface area contributed by atoms with Crippen molar-refractivity contribution in [3.05, 3.63) is 53.7 Å². The maximum Gasteiger partial charge on any atom is 0.121 e. The van der Waals surface area contributed by atoms with E-state index in [-0.39, 0.29) is 0 Å². The van der Waals surface area contributed by atoms with E-state index in [1.165, 1.54) is 11.8 Å². The van der Waals surface area contributed by atoms with Crippen molar-refractivity contribution < 1.29 is 4.79 Å². The Hall–Kier alpha value is -3.28. The van der Waals surface area contributed by atoms with Crippen LogP contribution in [0.25, 0.3) is 5.57 Å². The summed E-state index contributed by atoms with van der Waals surface area (Å²) in [4.78, 5) is 13.1. The average molecular weight is 377 g/mol. The van der Waals surface area contributed by atoms with Gasteiger partial charge < -0.3 is 31.1 Å². The molecule has 3 rings (SSSR count). The van der Waals surface area contributed by atoms with Gasteiger partial charge in [-0.3, -0.25) is 0 Å². The molecule has 1 aliphatic rings. The minimum absolute atomic E-state index is 0.468. The maximum atomic E-state index is 10.7. The van der Waals surface area contributed by atoms with Crippen LogP contribution in [-0.4, -0.2) is 39.7 Å². The molecular formula is C22H27N5O. The smallest absolute Gasteiger partial charge is 0.121 e. The Labute approximate surface area is 166 Å². The van der Waals surface area contributed by atoms with Crippen molar-refractivity contribution in [1.82, 2.24) is 5.32 Å². The van der Waals surface area contributed by atoms with E-state index in [4.69, 9.17) is 5.41 Å². The molecule has 1 aliphatic heterocycles. The number of nitrogens with one attached hydrogen (secondary N) is 4. The van der Waals surface area contributed by atoms with Crippen molar-refractivity contribution >= 4 is 40.8 Å². The van der Waals surface area contributed by atoms with Crippen LogP contribution in [0.3, 0.4) is 0 Å². The Morgan fingerprint density at radius 3 is 2.79 bits per heavy atom. The minimum atomic E-state index is 0.468. The number of fused-ring (bicyclic) bond motifs is 1. The van der Waals surface area contributed by atoms with Gasteiger partial charge in [0.05, 0.1) is 17.1 Å². The zero-order valence-corrected chi connectivity index (χ0v) is 16.4. The second-order valence-corrected chi connectivity index (χ2v) is 6.61. The van der Waals surface area contributed by atoms with Gasteiger partial charge in [-0.25, -0.2) is 0 Å². The highest BCUT2D eigenvalue weighted by Gasteiger charge is 2.24. The van der Waals surface area contributed by atoms with Crippen LogP contribution in [0.5, 0.6) is 0 Å². The van der Waals surface area contributed by atoms with Crippen molar-refractivity contribution in [2.24, 2.45) is 0 Å². The number of para-hydroxylation sites is 1. The first-order chi connectivity index (χ1) is 13.7. The fourth-order valence-electron chi connectivity index (χ4n) is 3.59. The fraction of sp³-hybridized carbons (Fsp3) is 0.273. The normalized spacial score (nSPS) is 13.1. The zero-order valence-electron chi connectivity index (χ0n) is 16.4. The van der Waals surface area contributed by atoms with Gasteiger partial charge in [-0.1, -0.05) is 18.2 Å². The quantitative estimate of drug-likeness (QED) is 0.305. The maximum absolute atomic E-state index is 10.7. The number of hydrogen-bond donors (Lipinski definition) is 4. The van der Waals surface area contributed by atoms with Crippen molar-refractivity contribution in [3.63, 3.8) is 0 Å². The van der Waals surface area contributed by atoms with Crippen LogP contribution in [0.15, 0.2) is 42.6 Å². The summed E-state index contributed by atoms with van der Waals surface area (Å²) in [7, 11) is 3.74. The van der Waals surface area contributed by atoms with E-state index >= 15 is 0 Å². The van der Waals surface area contributed by atoms with Crippen molar-refractivity contribution in [3.8, 4) is 0 Å². The highest BCUT2D eigenvalue weighted by atomic mass is 16.1. The van der Waals surface area contributed by atoms with Gasteiger partial charge in [0, 0.05) is 57.3 Å². The monoisotopic (exact) mass is 377 g/mol. The van der Waals surface area contributed by atoms with Gasteiger partial charge in [-0.15, -0.1) is 0 Å². The molecule has 0 radical (unpaired) electrons. The Morgan fingerprint density at radius 1 is 1.21 bits per heavy atom. The number of benzene rings is 2. The predicted molar refractivity (Wildman–Crippen MR) is 118 cm³/mol. The van der Waals surface area contributed by atoms with Gasteiger partial charge in [-0.2, -0.15) is 0 Å². The summed E-state index contributed by atoms with van der Waals surface area (Å²) in [5, 5.41) is 17.4. The summed E-state index contributed by atoms with van der Waals surface area (Å²) in [6.07, 6.45) is 5.57. The third-order valence-corrected chi connectivity index (χ3v) is 4.94. The number of hydrogen-bond acceptors (Lipinski definition) is 6. The van der Waals surface area contributed by atoms with Crippen molar-refractivity contribution in [2.45, 2.75) is 12.8 Å². The number of nitrogens with zero attached hydrogens (tertiary/aromatic N) is 1. The molecule has 0 fully saturated rings. The van der Waals surface area contributed by atoms with E-state index in [9.17, 15) is 4.79 Å². The molecule has 2 aromatic carbocycles. The van der Waals surface area contributed by atoms with Crippen LogP contribution in [0.2, 0.25) is 0 Å². The van der Waals surface area contributed by atoms with Crippen LogP contribution >= 0.6 is 0 Å². The van der Waals surface area contributed by atoms with Gasteiger partial charge in [-0.05, 0) is 35.7 Å². The summed E-state index contributed by atoms with van der Waals surface area (Å²) in [6.45, 7) is 1.49. The summed E-state index contributed by atoms with van der Waals surface area (Å²) in [5.74, 6) is 0. The zero-order chi connectivity index (χ0) is 19.9. The highest BCUT2D eigenvalue weighted by molar-refractivity contribution is 6.08. The SMILES string of the molecule is CN/C=C(\C=N)c1ccc2c(c1)N(c1cccc(NC)c1NCCC=O)CC2.